The maximum Gasteiger partial charge on any atom is 0.338 e. The fraction of sp³-hybridized carbons (Fsp3) is 0.421. The predicted molar refractivity (Wildman–Crippen MR) is 105 cm³/mol. The van der Waals surface area contributed by atoms with Crippen molar-refractivity contribution in [3.05, 3.63) is 36.2 Å². The van der Waals surface area contributed by atoms with Crippen LogP contribution in [0.1, 0.15) is 37.8 Å². The van der Waals surface area contributed by atoms with Gasteiger partial charge in [0, 0.05) is 18.9 Å². The van der Waals surface area contributed by atoms with Gasteiger partial charge in [0.05, 0.1) is 7.11 Å². The maximum absolute atomic E-state index is 12.5. The third-order valence-electron chi connectivity index (χ3n) is 5.58. The Hall–Kier alpha value is -2.94. The van der Waals surface area contributed by atoms with E-state index in [1.165, 1.54) is 0 Å². The van der Waals surface area contributed by atoms with Crippen LogP contribution in [0.2, 0.25) is 0 Å². The molecule has 1 aliphatic heterocycles. The molecule has 0 aliphatic carbocycles. The molecule has 10 heteroatoms. The second kappa shape index (κ2) is 7.47. The number of ether oxygens (including phenoxy) is 1. The summed E-state index contributed by atoms with van der Waals surface area (Å²) in [6.07, 6.45) is 5.48. The second-order valence-electron chi connectivity index (χ2n) is 6.97. The monoisotopic (exact) mass is 416 g/mol. The fourth-order valence-electron chi connectivity index (χ4n) is 3.98. The smallest absolute Gasteiger partial charge is 0.338 e. The molecule has 0 saturated heterocycles. The number of halogens is 1. The van der Waals surface area contributed by atoms with Crippen LogP contribution in [0.3, 0.4) is 0 Å². The lowest BCUT2D eigenvalue weighted by Gasteiger charge is -2.32. The molecule has 3 aromatic rings. The molecule has 9 nitrogen and oxygen atoms in total. The van der Waals surface area contributed by atoms with Gasteiger partial charge in [-0.1, -0.05) is 6.92 Å². The molecule has 0 bridgehead atoms. The molecular formula is C19H21ClN6O3. The molecule has 1 aliphatic rings. The highest BCUT2D eigenvalue weighted by atomic mass is 35.5. The number of fused-ring (bicyclic) bond motifs is 1. The summed E-state index contributed by atoms with van der Waals surface area (Å²) < 4.78 is 13.9. The first-order valence-electron chi connectivity index (χ1n) is 9.38. The molecule has 1 unspecified atom stereocenters. The number of hydrogen-bond donors (Lipinski definition) is 0. The topological polar surface area (TPSA) is 97.0 Å². The van der Waals surface area contributed by atoms with Crippen molar-refractivity contribution in [1.82, 2.24) is 29.3 Å². The number of carbonyl (C=O) groups is 1. The number of aromatic nitrogens is 6. The first-order valence-corrected chi connectivity index (χ1v) is 9.69. The van der Waals surface area contributed by atoms with Gasteiger partial charge in [0.1, 0.15) is 34.5 Å². The summed E-state index contributed by atoms with van der Waals surface area (Å²) in [6, 6.07) is 3.76. The van der Waals surface area contributed by atoms with E-state index in [4.69, 9.17) is 16.6 Å². The zero-order valence-corrected chi connectivity index (χ0v) is 17.2. The van der Waals surface area contributed by atoms with Crippen molar-refractivity contribution in [2.24, 2.45) is 0 Å². The van der Waals surface area contributed by atoms with Crippen LogP contribution >= 0.6 is 11.9 Å². The van der Waals surface area contributed by atoms with E-state index in [2.05, 4.69) is 24.5 Å². The van der Waals surface area contributed by atoms with Crippen LogP contribution in [0.5, 0.6) is 5.88 Å². The summed E-state index contributed by atoms with van der Waals surface area (Å²) in [5.74, 6) is 1.90. The van der Waals surface area contributed by atoms with Gasteiger partial charge in [-0.05, 0) is 38.3 Å². The van der Waals surface area contributed by atoms with Gasteiger partial charge in [0.25, 0.3) is 0 Å². The van der Waals surface area contributed by atoms with Gasteiger partial charge in [-0.25, -0.2) is 14.8 Å². The van der Waals surface area contributed by atoms with Gasteiger partial charge >= 0.3 is 5.97 Å². The Morgan fingerprint density at radius 1 is 1.34 bits per heavy atom. The number of rotatable bonds is 5. The van der Waals surface area contributed by atoms with Crippen molar-refractivity contribution in [3.63, 3.8) is 0 Å². The van der Waals surface area contributed by atoms with E-state index in [1.807, 2.05) is 41.3 Å². The molecule has 0 radical (unpaired) electrons. The van der Waals surface area contributed by atoms with Gasteiger partial charge in [0.2, 0.25) is 5.88 Å². The number of hydrogen-bond acceptors (Lipinski definition) is 7. The lowest BCUT2D eigenvalue weighted by molar-refractivity contribution is -0.142. The van der Waals surface area contributed by atoms with E-state index in [0.717, 1.165) is 17.9 Å². The summed E-state index contributed by atoms with van der Waals surface area (Å²) in [5.41, 5.74) is 0.481. The Kier molecular flexibility index (Phi) is 4.99. The minimum Gasteiger partial charge on any atom is -0.479 e. The van der Waals surface area contributed by atoms with E-state index in [9.17, 15) is 4.79 Å². The van der Waals surface area contributed by atoms with Gasteiger partial charge in [-0.15, -0.1) is 10.2 Å². The average Bonchev–Trinajstić information content (AvgIpc) is 3.38. The molecule has 4 rings (SSSR count). The SMILES string of the molecule is CCC1(C(=O)OCl)CCCn2c(-c3ccc(-n4ccnc4C)c(OC)n3)nnc21. The van der Waals surface area contributed by atoms with Gasteiger partial charge in [-0.2, -0.15) is 0 Å². The Balaban J connectivity index is 1.81. The molecule has 4 heterocycles. The number of nitrogens with zero attached hydrogens (tertiary/aromatic N) is 6. The van der Waals surface area contributed by atoms with Crippen molar-refractivity contribution in [2.75, 3.05) is 7.11 Å². The summed E-state index contributed by atoms with van der Waals surface area (Å²) in [5, 5.41) is 8.66. The quantitative estimate of drug-likeness (QED) is 0.630. The zero-order chi connectivity index (χ0) is 20.6. The number of imidazole rings is 1. The largest absolute Gasteiger partial charge is 0.479 e. The molecule has 29 heavy (non-hydrogen) atoms. The molecule has 0 saturated carbocycles. The Bertz CT molecular complexity index is 1060. The minimum absolute atomic E-state index is 0.443. The number of methoxy groups -OCH3 is 1. The van der Waals surface area contributed by atoms with E-state index in [0.29, 0.717) is 42.6 Å². The Morgan fingerprint density at radius 3 is 2.83 bits per heavy atom. The number of aryl methyl sites for hydroxylation is 1. The van der Waals surface area contributed by atoms with Crippen LogP contribution in [0.15, 0.2) is 24.5 Å². The van der Waals surface area contributed by atoms with Crippen LogP contribution in [-0.4, -0.2) is 42.4 Å². The van der Waals surface area contributed by atoms with Crippen LogP contribution in [0.4, 0.5) is 0 Å². The summed E-state index contributed by atoms with van der Waals surface area (Å²) >= 11 is 5.42. The van der Waals surface area contributed by atoms with Crippen molar-refractivity contribution in [3.8, 4) is 23.1 Å². The molecular weight excluding hydrogens is 396 g/mol. The molecule has 0 amide bonds. The zero-order valence-electron chi connectivity index (χ0n) is 16.4. The Morgan fingerprint density at radius 2 is 2.17 bits per heavy atom. The highest BCUT2D eigenvalue weighted by Gasteiger charge is 2.47. The van der Waals surface area contributed by atoms with Crippen LogP contribution in [-0.2, 0) is 21.0 Å². The van der Waals surface area contributed by atoms with Crippen molar-refractivity contribution in [2.45, 2.75) is 45.1 Å². The molecule has 0 spiro atoms. The highest BCUT2D eigenvalue weighted by molar-refractivity contribution is 6.14. The summed E-state index contributed by atoms with van der Waals surface area (Å²) in [7, 11) is 1.57. The van der Waals surface area contributed by atoms with Crippen molar-refractivity contribution < 1.29 is 13.8 Å². The lowest BCUT2D eigenvalue weighted by atomic mass is 9.78. The molecule has 152 valence electrons. The fourth-order valence-corrected chi connectivity index (χ4v) is 4.13. The maximum atomic E-state index is 12.5. The molecule has 0 aromatic carbocycles. The van der Waals surface area contributed by atoms with E-state index >= 15 is 0 Å². The number of pyridine rings is 1. The van der Waals surface area contributed by atoms with E-state index in [-0.39, 0.29) is 0 Å². The Labute approximate surface area is 172 Å². The first-order chi connectivity index (χ1) is 14.1. The summed E-state index contributed by atoms with van der Waals surface area (Å²) in [6.45, 7) is 4.51. The average molecular weight is 417 g/mol. The normalized spacial score (nSPS) is 18.3. The van der Waals surface area contributed by atoms with Gasteiger partial charge in [-0.3, -0.25) is 4.57 Å². The number of carbonyl (C=O) groups excluding carboxylic acids is 1. The van der Waals surface area contributed by atoms with Crippen LogP contribution in [0.25, 0.3) is 17.2 Å². The standard InChI is InChI=1S/C19H21ClN6O3/c1-4-19(18(27)29-20)8-5-10-26-15(23-24-17(19)26)13-6-7-14(16(22-13)28-3)25-11-9-21-12(25)2/h6-7,9,11H,4-5,8,10H2,1-3H3. The molecule has 3 aromatic heterocycles. The van der Waals surface area contributed by atoms with Crippen molar-refractivity contribution >= 4 is 17.8 Å². The first kappa shape index (κ1) is 19.4. The lowest BCUT2D eigenvalue weighted by Crippen LogP contribution is -2.41. The second-order valence-corrected chi connectivity index (χ2v) is 7.13. The predicted octanol–water partition coefficient (Wildman–Crippen LogP) is 2.98. The molecule has 0 fully saturated rings. The van der Waals surface area contributed by atoms with Gasteiger partial charge < -0.3 is 13.6 Å². The third kappa shape index (κ3) is 2.96. The van der Waals surface area contributed by atoms with Crippen LogP contribution in [0, 0.1) is 6.92 Å². The van der Waals surface area contributed by atoms with E-state index in [1.54, 1.807) is 13.3 Å². The molecule has 1 atom stereocenters. The molecule has 0 N–H and O–H groups in total. The van der Waals surface area contributed by atoms with Crippen LogP contribution < -0.4 is 4.74 Å². The highest BCUT2D eigenvalue weighted by Crippen LogP contribution is 2.39. The van der Waals surface area contributed by atoms with Crippen molar-refractivity contribution in [1.29, 1.82) is 0 Å². The third-order valence-corrected chi connectivity index (χ3v) is 5.72. The van der Waals surface area contributed by atoms with E-state index < -0.39 is 11.4 Å². The van der Waals surface area contributed by atoms with Gasteiger partial charge in [0.15, 0.2) is 11.6 Å². The summed E-state index contributed by atoms with van der Waals surface area (Å²) in [4.78, 5) is 21.3. The minimum atomic E-state index is -0.900.